The van der Waals surface area contributed by atoms with Gasteiger partial charge in [0.2, 0.25) is 0 Å². The fourth-order valence-corrected chi connectivity index (χ4v) is 1.89. The van der Waals surface area contributed by atoms with Crippen LogP contribution < -0.4 is 0 Å². The predicted octanol–water partition coefficient (Wildman–Crippen LogP) is 1.82. The molecular weight excluding hydrogens is 254 g/mol. The normalized spacial score (nSPS) is 10.7. The van der Waals surface area contributed by atoms with Gasteiger partial charge in [-0.3, -0.25) is 9.69 Å². The first-order valence-electron chi connectivity index (χ1n) is 5.84. The maximum atomic E-state index is 11.3. The quantitative estimate of drug-likeness (QED) is 0.584. The Morgan fingerprint density at radius 2 is 2.22 bits per heavy atom. The summed E-state index contributed by atoms with van der Waals surface area (Å²) in [6.45, 7) is 5.42. The van der Waals surface area contributed by atoms with Crippen LogP contribution in [-0.2, 0) is 16.1 Å². The lowest BCUT2D eigenvalue weighted by Crippen LogP contribution is -2.31. The van der Waals surface area contributed by atoms with E-state index in [9.17, 15) is 4.79 Å². The molecule has 0 radical (unpaired) electrons. The number of hydrogen-bond acceptors (Lipinski definition) is 5. The first kappa shape index (κ1) is 14.9. The van der Waals surface area contributed by atoms with Crippen LogP contribution in [0.15, 0.2) is 6.07 Å². The zero-order valence-electron chi connectivity index (χ0n) is 10.9. The van der Waals surface area contributed by atoms with Crippen molar-refractivity contribution in [2.24, 2.45) is 0 Å². The molecule has 0 amide bonds. The van der Waals surface area contributed by atoms with Crippen LogP contribution in [0.25, 0.3) is 0 Å². The van der Waals surface area contributed by atoms with Gasteiger partial charge in [-0.15, -0.1) is 0 Å². The Hall–Kier alpha value is -1.20. The molecule has 0 aliphatic carbocycles. The molecule has 18 heavy (non-hydrogen) atoms. The zero-order chi connectivity index (χ0) is 13.5. The van der Waals surface area contributed by atoms with E-state index in [1.807, 2.05) is 18.7 Å². The van der Waals surface area contributed by atoms with Gasteiger partial charge in [-0.25, -0.2) is 9.97 Å². The van der Waals surface area contributed by atoms with Crippen LogP contribution in [0.2, 0.25) is 5.15 Å². The molecule has 0 aliphatic rings. The van der Waals surface area contributed by atoms with E-state index in [2.05, 4.69) is 14.7 Å². The molecule has 6 heteroatoms. The number of methoxy groups -OCH3 is 1. The van der Waals surface area contributed by atoms with Gasteiger partial charge < -0.3 is 4.74 Å². The summed E-state index contributed by atoms with van der Waals surface area (Å²) >= 11 is 5.88. The maximum Gasteiger partial charge on any atom is 0.319 e. The number of hydrogen-bond donors (Lipinski definition) is 0. The summed E-state index contributed by atoms with van der Waals surface area (Å²) in [7, 11) is 1.38. The minimum atomic E-state index is -0.262. The van der Waals surface area contributed by atoms with Crippen molar-refractivity contribution >= 4 is 17.6 Å². The van der Waals surface area contributed by atoms with E-state index < -0.39 is 0 Å². The summed E-state index contributed by atoms with van der Waals surface area (Å²) in [5.74, 6) is 0.361. The molecule has 0 atom stereocenters. The Balaban J connectivity index is 2.72. The number of aryl methyl sites for hydroxylation is 1. The first-order valence-corrected chi connectivity index (χ1v) is 6.22. The lowest BCUT2D eigenvalue weighted by atomic mass is 10.3. The molecule has 0 bridgehead atoms. The third-order valence-electron chi connectivity index (χ3n) is 2.35. The molecule has 0 saturated heterocycles. The van der Waals surface area contributed by atoms with Crippen LogP contribution in [0.3, 0.4) is 0 Å². The Morgan fingerprint density at radius 3 is 2.78 bits per heavy atom. The predicted molar refractivity (Wildman–Crippen MR) is 69.4 cm³/mol. The van der Waals surface area contributed by atoms with Crippen LogP contribution >= 0.6 is 11.6 Å². The number of carbonyl (C=O) groups excluding carboxylic acids is 1. The van der Waals surface area contributed by atoms with Crippen LogP contribution in [0, 0.1) is 6.92 Å². The van der Waals surface area contributed by atoms with Gasteiger partial charge in [0.05, 0.1) is 20.2 Å². The lowest BCUT2D eigenvalue weighted by molar-refractivity contribution is -0.142. The number of ether oxygens (including phenoxy) is 1. The molecule has 0 aliphatic heterocycles. The van der Waals surface area contributed by atoms with Gasteiger partial charge in [-0.1, -0.05) is 18.5 Å². The van der Waals surface area contributed by atoms with Crippen molar-refractivity contribution in [2.75, 3.05) is 20.2 Å². The molecule has 100 valence electrons. The van der Waals surface area contributed by atoms with Crippen molar-refractivity contribution in [1.82, 2.24) is 14.9 Å². The van der Waals surface area contributed by atoms with Crippen LogP contribution in [0.1, 0.15) is 24.9 Å². The van der Waals surface area contributed by atoms with Crippen molar-refractivity contribution < 1.29 is 9.53 Å². The van der Waals surface area contributed by atoms with E-state index in [0.717, 1.165) is 18.7 Å². The van der Waals surface area contributed by atoms with Crippen molar-refractivity contribution in [2.45, 2.75) is 26.8 Å². The highest BCUT2D eigenvalue weighted by Crippen LogP contribution is 2.08. The Bertz CT molecular complexity index is 392. The Morgan fingerprint density at radius 1 is 1.50 bits per heavy atom. The molecule has 0 unspecified atom stereocenters. The average molecular weight is 272 g/mol. The molecule has 0 N–H and O–H groups in total. The smallest absolute Gasteiger partial charge is 0.319 e. The van der Waals surface area contributed by atoms with Gasteiger partial charge in [0, 0.05) is 5.69 Å². The van der Waals surface area contributed by atoms with Gasteiger partial charge >= 0.3 is 5.97 Å². The summed E-state index contributed by atoms with van der Waals surface area (Å²) in [5, 5.41) is 0.423. The minimum Gasteiger partial charge on any atom is -0.468 e. The zero-order valence-corrected chi connectivity index (χ0v) is 11.7. The monoisotopic (exact) mass is 271 g/mol. The van der Waals surface area contributed by atoms with E-state index >= 15 is 0 Å². The summed E-state index contributed by atoms with van der Waals surface area (Å²) in [6, 6.07) is 1.70. The van der Waals surface area contributed by atoms with Crippen molar-refractivity contribution in [3.63, 3.8) is 0 Å². The number of rotatable bonds is 6. The average Bonchev–Trinajstić information content (AvgIpc) is 2.27. The SMILES string of the molecule is CCCN(CC(=O)OC)Cc1nc(C)cc(Cl)n1. The van der Waals surface area contributed by atoms with Gasteiger partial charge in [0.15, 0.2) is 0 Å². The third kappa shape index (κ3) is 4.98. The fraction of sp³-hybridized carbons (Fsp3) is 0.583. The highest BCUT2D eigenvalue weighted by Gasteiger charge is 2.12. The Labute approximate surface area is 112 Å². The second kappa shape index (κ2) is 7.28. The molecule has 0 spiro atoms. The summed E-state index contributed by atoms with van der Waals surface area (Å²) in [6.07, 6.45) is 0.941. The number of halogens is 1. The molecular formula is C12H18ClN3O2. The summed E-state index contributed by atoms with van der Waals surface area (Å²) < 4.78 is 4.66. The van der Waals surface area contributed by atoms with Gasteiger partial charge in [-0.2, -0.15) is 0 Å². The van der Waals surface area contributed by atoms with Crippen molar-refractivity contribution in [3.05, 3.63) is 22.7 Å². The first-order chi connectivity index (χ1) is 8.55. The molecule has 1 rings (SSSR count). The van der Waals surface area contributed by atoms with Crippen LogP contribution in [-0.4, -0.2) is 41.0 Å². The largest absolute Gasteiger partial charge is 0.468 e. The number of carbonyl (C=O) groups is 1. The summed E-state index contributed by atoms with van der Waals surface area (Å²) in [4.78, 5) is 21.7. The molecule has 0 saturated carbocycles. The Kier molecular flexibility index (Phi) is 6.01. The fourth-order valence-electron chi connectivity index (χ4n) is 1.64. The molecule has 1 heterocycles. The highest BCUT2D eigenvalue weighted by molar-refractivity contribution is 6.29. The minimum absolute atomic E-state index is 0.235. The van der Waals surface area contributed by atoms with Crippen LogP contribution in [0.4, 0.5) is 0 Å². The standard InChI is InChI=1S/C12H18ClN3O2/c1-4-5-16(8-12(17)18-3)7-11-14-9(2)6-10(13)15-11/h6H,4-5,7-8H2,1-3H3. The molecule has 0 aromatic carbocycles. The second-order valence-electron chi connectivity index (χ2n) is 4.04. The van der Waals surface area contributed by atoms with E-state index in [1.54, 1.807) is 6.07 Å². The molecule has 5 nitrogen and oxygen atoms in total. The van der Waals surface area contributed by atoms with E-state index in [1.165, 1.54) is 7.11 Å². The second-order valence-corrected chi connectivity index (χ2v) is 4.42. The van der Waals surface area contributed by atoms with Crippen LogP contribution in [0.5, 0.6) is 0 Å². The highest BCUT2D eigenvalue weighted by atomic mass is 35.5. The van der Waals surface area contributed by atoms with E-state index in [0.29, 0.717) is 17.5 Å². The topological polar surface area (TPSA) is 55.3 Å². The number of nitrogens with zero attached hydrogens (tertiary/aromatic N) is 3. The van der Waals surface area contributed by atoms with Gasteiger partial charge in [0.1, 0.15) is 11.0 Å². The molecule has 1 aromatic rings. The van der Waals surface area contributed by atoms with Gasteiger partial charge in [0.25, 0.3) is 0 Å². The maximum absolute atomic E-state index is 11.3. The number of aromatic nitrogens is 2. The summed E-state index contributed by atoms with van der Waals surface area (Å²) in [5.41, 5.74) is 0.819. The molecule has 1 aromatic heterocycles. The van der Waals surface area contributed by atoms with Crippen molar-refractivity contribution in [3.8, 4) is 0 Å². The van der Waals surface area contributed by atoms with E-state index in [-0.39, 0.29) is 12.5 Å². The third-order valence-corrected chi connectivity index (χ3v) is 2.55. The number of esters is 1. The van der Waals surface area contributed by atoms with E-state index in [4.69, 9.17) is 11.6 Å². The molecule has 0 fully saturated rings. The lowest BCUT2D eigenvalue weighted by Gasteiger charge is -2.19. The van der Waals surface area contributed by atoms with Crippen molar-refractivity contribution in [1.29, 1.82) is 0 Å². The van der Waals surface area contributed by atoms with Gasteiger partial charge in [-0.05, 0) is 26.0 Å².